The molecule has 0 aliphatic heterocycles. The number of hydrogen-bond donors (Lipinski definition) is 11. The van der Waals surface area contributed by atoms with E-state index in [2.05, 4.69) is 120 Å². The Bertz CT molecular complexity index is 3140. The number of hydrogen-bond acceptors (Lipinski definition) is 14. The van der Waals surface area contributed by atoms with Gasteiger partial charge in [-0.15, -0.1) is 0 Å². The number of benzene rings is 8. The van der Waals surface area contributed by atoms with E-state index in [1.807, 2.05) is 99.6 Å². The first-order chi connectivity index (χ1) is 43.5. The molecule has 0 bridgehead atoms. The molecule has 16 heteroatoms. The Hall–Kier alpha value is -7.02. The zero-order valence-electron chi connectivity index (χ0n) is 50.8. The van der Waals surface area contributed by atoms with E-state index in [1.54, 1.807) is 0 Å². The first kappa shape index (κ1) is 69.5. The van der Waals surface area contributed by atoms with Gasteiger partial charge in [0.2, 0.25) is 0 Å². The van der Waals surface area contributed by atoms with E-state index in [4.69, 9.17) is 43.6 Å². The molecular weight excluding hydrogens is 1160 g/mol. The van der Waals surface area contributed by atoms with Crippen LogP contribution in [0.2, 0.25) is 10.0 Å². The molecule has 14 nitrogen and oxygen atoms in total. The maximum absolute atomic E-state index is 10.1. The summed E-state index contributed by atoms with van der Waals surface area (Å²) < 4.78 is 0. The second-order valence-electron chi connectivity index (χ2n) is 22.1. The fourth-order valence-corrected chi connectivity index (χ4v) is 11.7. The number of aliphatic hydroxyl groups is 9. The van der Waals surface area contributed by atoms with Crippen LogP contribution in [0.25, 0.3) is 0 Å². The SMILES string of the molecule is OCCN(CCO)c1ccc(C(c2ccc(Cl)cc2)c2ccc(C3CCCC(O)C3)cc2)cc1.OCCNc1ccc(C(c2ccc(Cl)cc2)c2ccc(N(CCO)CCO)cc2)cc1.OCCNc1ccc(Cc2ccc(N(CCO)CCO)cc2)cc1. The van der Waals surface area contributed by atoms with Crippen molar-refractivity contribution in [1.82, 2.24) is 0 Å². The van der Waals surface area contributed by atoms with Gasteiger partial charge in [0, 0.05) is 103 Å². The van der Waals surface area contributed by atoms with Gasteiger partial charge in [-0.2, -0.15) is 0 Å². The largest absolute Gasteiger partial charge is 0.395 e. The Labute approximate surface area is 535 Å². The van der Waals surface area contributed by atoms with E-state index in [9.17, 15) is 25.5 Å². The molecular formula is C73H89Cl2N5O9. The summed E-state index contributed by atoms with van der Waals surface area (Å²) in [7, 11) is 0. The van der Waals surface area contributed by atoms with Gasteiger partial charge in [0.05, 0.1) is 59.0 Å². The first-order valence-corrected chi connectivity index (χ1v) is 31.6. The summed E-state index contributed by atoms with van der Waals surface area (Å²) in [5.74, 6) is 0.513. The molecule has 0 aromatic heterocycles. The molecule has 1 aliphatic rings. The van der Waals surface area contributed by atoms with E-state index in [-0.39, 0.29) is 70.8 Å². The Balaban J connectivity index is 0.000000193. The monoisotopic (exact) mass is 1250 g/mol. The molecule has 1 aliphatic carbocycles. The van der Waals surface area contributed by atoms with Crippen LogP contribution in [0.3, 0.4) is 0 Å². The molecule has 89 heavy (non-hydrogen) atoms. The smallest absolute Gasteiger partial charge is 0.0606 e. The molecule has 1 saturated carbocycles. The molecule has 8 aromatic carbocycles. The summed E-state index contributed by atoms with van der Waals surface area (Å²) in [6.45, 7) is 4.51. The second-order valence-corrected chi connectivity index (χ2v) is 23.0. The lowest BCUT2D eigenvalue weighted by atomic mass is 9.80. The standard InChI is InChI=1S/C29H34ClNO3.C25H29ClN2O3.C19H26N2O3/c30-26-12-8-23(9-13-26)29(24-10-14-27(15-11-24)31(16-18-32)17-19-33)22-6-4-21(5-7-22)25-2-1-3-28(34)20-25;26-22-7-1-19(2-8-22)25(20-3-9-23(10-4-20)27-13-16-29)21-5-11-24(12-6-21)28(14-17-30)15-18-31;22-12-9-20-18-5-1-16(2-6-18)15-17-3-7-19(8-4-17)21(10-13-23)11-14-24/h4-15,25,28-29,32-34H,1-3,16-20H2;1-12,25,27,29-31H,13-18H2;1-8,20,22-24H,9-15H2. The first-order valence-electron chi connectivity index (χ1n) is 30.9. The van der Waals surface area contributed by atoms with Gasteiger partial charge in [-0.25, -0.2) is 0 Å². The third-order valence-electron chi connectivity index (χ3n) is 16.0. The van der Waals surface area contributed by atoms with Crippen molar-refractivity contribution < 1.29 is 46.0 Å². The van der Waals surface area contributed by atoms with Crippen LogP contribution in [0.15, 0.2) is 194 Å². The molecule has 11 N–H and O–H groups in total. The highest BCUT2D eigenvalue weighted by atomic mass is 35.5. The zero-order valence-corrected chi connectivity index (χ0v) is 52.3. The third-order valence-corrected chi connectivity index (χ3v) is 16.5. The number of aliphatic hydroxyl groups excluding tert-OH is 9. The van der Waals surface area contributed by atoms with E-state index in [0.717, 1.165) is 77.2 Å². The molecule has 0 spiro atoms. The average molecular weight is 1250 g/mol. The average Bonchev–Trinajstić information content (AvgIpc) is 1.83. The van der Waals surface area contributed by atoms with Crippen LogP contribution in [-0.2, 0) is 6.42 Å². The summed E-state index contributed by atoms with van der Waals surface area (Å²) in [5, 5.41) is 91.2. The van der Waals surface area contributed by atoms with Crippen LogP contribution in [0.4, 0.5) is 28.4 Å². The number of nitrogens with zero attached hydrogens (tertiary/aromatic N) is 3. The zero-order chi connectivity index (χ0) is 63.2. The fraction of sp³-hybridized carbons (Fsp3) is 0.342. The van der Waals surface area contributed by atoms with Crippen molar-refractivity contribution >= 4 is 51.6 Å². The molecule has 8 aromatic rings. The Morgan fingerprint density at radius 3 is 0.978 bits per heavy atom. The van der Waals surface area contributed by atoms with Crippen LogP contribution in [-0.4, -0.2) is 157 Å². The van der Waals surface area contributed by atoms with Gasteiger partial charge in [-0.1, -0.05) is 139 Å². The molecule has 4 unspecified atom stereocenters. The third kappa shape index (κ3) is 21.6. The van der Waals surface area contributed by atoms with Crippen LogP contribution in [0, 0.1) is 0 Å². The van der Waals surface area contributed by atoms with Gasteiger partial charge in [-0.05, 0) is 167 Å². The van der Waals surface area contributed by atoms with Crippen LogP contribution in [0.1, 0.15) is 93.5 Å². The van der Waals surface area contributed by atoms with Crippen molar-refractivity contribution in [1.29, 1.82) is 0 Å². The van der Waals surface area contributed by atoms with Gasteiger partial charge in [0.1, 0.15) is 0 Å². The number of anilines is 5. The Morgan fingerprint density at radius 2 is 0.652 bits per heavy atom. The predicted molar refractivity (Wildman–Crippen MR) is 364 cm³/mol. The molecule has 1 fully saturated rings. The van der Waals surface area contributed by atoms with Crippen molar-refractivity contribution in [2.75, 3.05) is 131 Å². The fourth-order valence-electron chi connectivity index (χ4n) is 11.5. The normalized spacial score (nSPS) is 14.3. The molecule has 4 atom stereocenters. The predicted octanol–water partition coefficient (Wildman–Crippen LogP) is 10.5. The molecule has 0 heterocycles. The minimum absolute atomic E-state index is 0.0299. The maximum atomic E-state index is 10.1. The van der Waals surface area contributed by atoms with E-state index >= 15 is 0 Å². The quantitative estimate of drug-likeness (QED) is 0.0189. The lowest BCUT2D eigenvalue weighted by Gasteiger charge is -2.27. The van der Waals surface area contributed by atoms with Gasteiger partial charge in [0.15, 0.2) is 0 Å². The highest BCUT2D eigenvalue weighted by Gasteiger charge is 2.24. The van der Waals surface area contributed by atoms with Crippen molar-refractivity contribution in [2.24, 2.45) is 0 Å². The van der Waals surface area contributed by atoms with Crippen LogP contribution in [0.5, 0.6) is 0 Å². The van der Waals surface area contributed by atoms with Crippen LogP contribution < -0.4 is 25.3 Å². The van der Waals surface area contributed by atoms with Gasteiger partial charge in [0.25, 0.3) is 0 Å². The van der Waals surface area contributed by atoms with Crippen molar-refractivity contribution in [3.63, 3.8) is 0 Å². The van der Waals surface area contributed by atoms with E-state index < -0.39 is 0 Å². The minimum Gasteiger partial charge on any atom is -0.395 e. The summed E-state index contributed by atoms with van der Waals surface area (Å²) >= 11 is 12.3. The topological polar surface area (TPSA) is 216 Å². The van der Waals surface area contributed by atoms with Crippen molar-refractivity contribution in [3.8, 4) is 0 Å². The minimum atomic E-state index is -0.185. The molecule has 9 rings (SSSR count). The molecule has 0 saturated heterocycles. The maximum Gasteiger partial charge on any atom is 0.0606 e. The lowest BCUT2D eigenvalue weighted by molar-refractivity contribution is 0.119. The Morgan fingerprint density at radius 1 is 0.360 bits per heavy atom. The molecule has 0 radical (unpaired) electrons. The van der Waals surface area contributed by atoms with Gasteiger partial charge < -0.3 is 71.3 Å². The summed E-state index contributed by atoms with van der Waals surface area (Å²) in [6, 6.07) is 66.0. The Kier molecular flexibility index (Phi) is 29.5. The number of halogens is 2. The summed E-state index contributed by atoms with van der Waals surface area (Å²) in [5.41, 5.74) is 15.6. The highest BCUT2D eigenvalue weighted by Crippen LogP contribution is 2.38. The highest BCUT2D eigenvalue weighted by molar-refractivity contribution is 6.30. The number of rotatable bonds is 30. The lowest BCUT2D eigenvalue weighted by Crippen LogP contribution is -2.29. The van der Waals surface area contributed by atoms with Crippen molar-refractivity contribution in [2.45, 2.75) is 56.0 Å². The van der Waals surface area contributed by atoms with E-state index in [1.165, 1.54) is 33.4 Å². The summed E-state index contributed by atoms with van der Waals surface area (Å²) in [6.07, 6.45) is 4.64. The van der Waals surface area contributed by atoms with Crippen LogP contribution >= 0.6 is 23.2 Å². The van der Waals surface area contributed by atoms with Crippen molar-refractivity contribution in [3.05, 3.63) is 254 Å². The van der Waals surface area contributed by atoms with E-state index in [0.29, 0.717) is 68.3 Å². The molecule has 474 valence electrons. The number of nitrogens with one attached hydrogen (secondary N) is 2. The summed E-state index contributed by atoms with van der Waals surface area (Å²) in [4.78, 5) is 5.91. The van der Waals surface area contributed by atoms with Gasteiger partial charge in [-0.3, -0.25) is 0 Å². The molecule has 0 amide bonds. The van der Waals surface area contributed by atoms with Gasteiger partial charge >= 0.3 is 0 Å². The second kappa shape index (κ2) is 37.9.